The number of hydrogen-bond donors (Lipinski definition) is 2. The molecule has 1 aromatic heterocycles. The zero-order valence-electron chi connectivity index (χ0n) is 15.6. The summed E-state index contributed by atoms with van der Waals surface area (Å²) >= 11 is 6.91. The number of esters is 1. The third-order valence-electron chi connectivity index (χ3n) is 4.05. The monoisotopic (exact) mass is 410 g/mol. The molecule has 0 fully saturated rings. The fourth-order valence-electron chi connectivity index (χ4n) is 2.70. The minimum Gasteiger partial charge on any atom is -0.462 e. The summed E-state index contributed by atoms with van der Waals surface area (Å²) in [5.74, 6) is -0.351. The third-order valence-corrected chi connectivity index (χ3v) is 5.40. The maximum atomic E-state index is 12.4. The molecule has 0 saturated heterocycles. The van der Waals surface area contributed by atoms with Crippen LogP contribution < -0.4 is 10.6 Å². The first-order valence-corrected chi connectivity index (χ1v) is 10.3. The van der Waals surface area contributed by atoms with Crippen molar-refractivity contribution in [2.75, 3.05) is 18.5 Å². The number of thiophene rings is 1. The molecule has 144 valence electrons. The van der Waals surface area contributed by atoms with Crippen molar-refractivity contribution in [1.82, 2.24) is 5.32 Å². The van der Waals surface area contributed by atoms with Gasteiger partial charge in [-0.2, -0.15) is 0 Å². The second-order valence-corrected chi connectivity index (χ2v) is 7.52. The Balaban J connectivity index is 1.69. The van der Waals surface area contributed by atoms with Crippen molar-refractivity contribution in [1.29, 1.82) is 0 Å². The summed E-state index contributed by atoms with van der Waals surface area (Å²) in [7, 11) is 0. The van der Waals surface area contributed by atoms with E-state index in [0.717, 1.165) is 16.9 Å². The number of ether oxygens (including phenoxy) is 1. The van der Waals surface area contributed by atoms with E-state index < -0.39 is 0 Å². The molecule has 0 unspecified atom stereocenters. The number of carbonyl (C=O) groups excluding carboxylic acids is 1. The number of hydrogen-bond acceptors (Lipinski definition) is 4. The molecule has 4 nitrogen and oxygen atoms in total. The van der Waals surface area contributed by atoms with Gasteiger partial charge in [-0.1, -0.05) is 60.7 Å². The molecule has 1 heterocycles. The molecule has 0 atom stereocenters. The maximum absolute atomic E-state index is 12.4. The molecule has 6 heteroatoms. The normalized spacial score (nSPS) is 10.3. The van der Waals surface area contributed by atoms with E-state index in [2.05, 4.69) is 22.8 Å². The van der Waals surface area contributed by atoms with E-state index in [1.807, 2.05) is 54.6 Å². The molecular formula is C22H22N2O2S2. The number of rotatable bonds is 7. The van der Waals surface area contributed by atoms with Gasteiger partial charge in [0.25, 0.3) is 0 Å². The van der Waals surface area contributed by atoms with Crippen LogP contribution in [0.2, 0.25) is 0 Å². The second-order valence-electron chi connectivity index (χ2n) is 6.06. The fraction of sp³-hybridized carbons (Fsp3) is 0.182. The Morgan fingerprint density at radius 3 is 2.43 bits per heavy atom. The average Bonchev–Trinajstić information content (AvgIpc) is 3.13. The fourth-order valence-corrected chi connectivity index (χ4v) is 4.03. The lowest BCUT2D eigenvalue weighted by Gasteiger charge is -2.10. The standard InChI is InChI=1S/C22H22N2O2S2/c1-2-26-21(25)18-15-19(17-11-7-4-8-12-17)28-20(18)24-22(27)23-14-13-16-9-5-3-6-10-16/h3-12,15H,2,13-14H2,1H3,(H2,23,24,27). The van der Waals surface area contributed by atoms with Crippen LogP contribution in [0.25, 0.3) is 10.4 Å². The van der Waals surface area contributed by atoms with Crippen molar-refractivity contribution >= 4 is 39.6 Å². The lowest BCUT2D eigenvalue weighted by molar-refractivity contribution is 0.0528. The molecule has 3 rings (SSSR count). The van der Waals surface area contributed by atoms with E-state index in [4.69, 9.17) is 17.0 Å². The van der Waals surface area contributed by atoms with Crippen LogP contribution in [0.1, 0.15) is 22.8 Å². The number of benzene rings is 2. The van der Waals surface area contributed by atoms with Gasteiger partial charge >= 0.3 is 5.97 Å². The maximum Gasteiger partial charge on any atom is 0.341 e. The average molecular weight is 411 g/mol. The molecule has 0 radical (unpaired) electrons. The Morgan fingerprint density at radius 1 is 1.07 bits per heavy atom. The second kappa shape index (κ2) is 10.0. The van der Waals surface area contributed by atoms with Crippen molar-refractivity contribution < 1.29 is 9.53 Å². The van der Waals surface area contributed by atoms with E-state index in [1.54, 1.807) is 6.92 Å². The van der Waals surface area contributed by atoms with Crippen molar-refractivity contribution in [3.8, 4) is 10.4 Å². The Hall–Kier alpha value is -2.70. The van der Waals surface area contributed by atoms with Gasteiger partial charge in [0.2, 0.25) is 0 Å². The highest BCUT2D eigenvalue weighted by atomic mass is 32.1. The van der Waals surface area contributed by atoms with Gasteiger partial charge in [-0.3, -0.25) is 0 Å². The van der Waals surface area contributed by atoms with Crippen molar-refractivity contribution in [2.24, 2.45) is 0 Å². The summed E-state index contributed by atoms with van der Waals surface area (Å²) in [5, 5.41) is 7.54. The van der Waals surface area contributed by atoms with E-state index in [-0.39, 0.29) is 5.97 Å². The van der Waals surface area contributed by atoms with Crippen molar-refractivity contribution in [3.63, 3.8) is 0 Å². The number of carbonyl (C=O) groups is 1. The lowest BCUT2D eigenvalue weighted by Crippen LogP contribution is -2.30. The molecular weight excluding hydrogens is 388 g/mol. The summed E-state index contributed by atoms with van der Waals surface area (Å²) in [6, 6.07) is 22.0. The highest BCUT2D eigenvalue weighted by molar-refractivity contribution is 7.80. The van der Waals surface area contributed by atoms with Gasteiger partial charge in [-0.25, -0.2) is 4.79 Å². The van der Waals surface area contributed by atoms with Crippen LogP contribution in [0.4, 0.5) is 5.00 Å². The topological polar surface area (TPSA) is 50.4 Å². The molecule has 2 N–H and O–H groups in total. The van der Waals surface area contributed by atoms with Crippen LogP contribution in [0.5, 0.6) is 0 Å². The van der Waals surface area contributed by atoms with Crippen LogP contribution in [0.3, 0.4) is 0 Å². The van der Waals surface area contributed by atoms with Crippen LogP contribution in [-0.2, 0) is 11.2 Å². The number of nitrogens with one attached hydrogen (secondary N) is 2. The van der Waals surface area contributed by atoms with Crippen LogP contribution >= 0.6 is 23.6 Å². The van der Waals surface area contributed by atoms with Gasteiger partial charge in [-0.15, -0.1) is 11.3 Å². The Bertz CT molecular complexity index is 924. The van der Waals surface area contributed by atoms with E-state index in [9.17, 15) is 4.79 Å². The Labute approximate surface area is 174 Å². The van der Waals surface area contributed by atoms with Gasteiger partial charge in [0.15, 0.2) is 5.11 Å². The summed E-state index contributed by atoms with van der Waals surface area (Å²) in [6.07, 6.45) is 0.868. The molecule has 2 aromatic carbocycles. The molecule has 0 bridgehead atoms. The minimum absolute atomic E-state index is 0.328. The Kier molecular flexibility index (Phi) is 7.17. The Morgan fingerprint density at radius 2 is 1.75 bits per heavy atom. The minimum atomic E-state index is -0.351. The summed E-state index contributed by atoms with van der Waals surface area (Å²) in [6.45, 7) is 2.83. The number of anilines is 1. The van der Waals surface area contributed by atoms with Gasteiger partial charge in [-0.05, 0) is 42.8 Å². The summed E-state index contributed by atoms with van der Waals surface area (Å²) < 4.78 is 5.20. The third kappa shape index (κ3) is 5.41. The lowest BCUT2D eigenvalue weighted by atomic mass is 10.1. The highest BCUT2D eigenvalue weighted by Gasteiger charge is 2.18. The van der Waals surface area contributed by atoms with E-state index >= 15 is 0 Å². The van der Waals surface area contributed by atoms with Gasteiger partial charge in [0.05, 0.1) is 12.2 Å². The van der Waals surface area contributed by atoms with E-state index in [0.29, 0.717) is 28.8 Å². The number of thiocarbonyl (C=S) groups is 1. The first-order chi connectivity index (χ1) is 13.7. The smallest absolute Gasteiger partial charge is 0.341 e. The predicted molar refractivity (Wildman–Crippen MR) is 120 cm³/mol. The quantitative estimate of drug-likeness (QED) is 0.418. The molecule has 28 heavy (non-hydrogen) atoms. The van der Waals surface area contributed by atoms with Crippen LogP contribution in [-0.4, -0.2) is 24.2 Å². The first-order valence-electron chi connectivity index (χ1n) is 9.12. The molecule has 3 aromatic rings. The zero-order valence-corrected chi connectivity index (χ0v) is 17.2. The first kappa shape index (κ1) is 20.0. The predicted octanol–water partition coefficient (Wildman–Crippen LogP) is 5.12. The van der Waals surface area contributed by atoms with Crippen molar-refractivity contribution in [2.45, 2.75) is 13.3 Å². The SMILES string of the molecule is CCOC(=O)c1cc(-c2ccccc2)sc1NC(=S)NCCc1ccccc1. The zero-order chi connectivity index (χ0) is 19.8. The summed E-state index contributed by atoms with van der Waals surface area (Å²) in [5.41, 5.74) is 2.79. The highest BCUT2D eigenvalue weighted by Crippen LogP contribution is 2.35. The largest absolute Gasteiger partial charge is 0.462 e. The van der Waals surface area contributed by atoms with E-state index in [1.165, 1.54) is 16.9 Å². The molecule has 0 aliphatic rings. The van der Waals surface area contributed by atoms with Gasteiger partial charge in [0, 0.05) is 11.4 Å². The molecule has 0 aliphatic heterocycles. The van der Waals surface area contributed by atoms with Gasteiger partial charge in [0.1, 0.15) is 5.00 Å². The summed E-state index contributed by atoms with van der Waals surface area (Å²) in [4.78, 5) is 13.4. The molecule has 0 saturated carbocycles. The van der Waals surface area contributed by atoms with Gasteiger partial charge < -0.3 is 15.4 Å². The van der Waals surface area contributed by atoms with Crippen LogP contribution in [0.15, 0.2) is 66.7 Å². The van der Waals surface area contributed by atoms with Crippen LogP contribution in [0, 0.1) is 0 Å². The molecule has 0 amide bonds. The van der Waals surface area contributed by atoms with Crippen molar-refractivity contribution in [3.05, 3.63) is 77.9 Å². The molecule has 0 spiro atoms. The molecule has 0 aliphatic carbocycles.